The van der Waals surface area contributed by atoms with Gasteiger partial charge in [0.25, 0.3) is 0 Å². The fraction of sp³-hybridized carbons (Fsp3) is 0.0741. The van der Waals surface area contributed by atoms with Crippen molar-refractivity contribution < 1.29 is 0 Å². The zero-order valence-electron chi connectivity index (χ0n) is 16.2. The predicted octanol–water partition coefficient (Wildman–Crippen LogP) is 6.93. The third-order valence-corrected chi connectivity index (χ3v) is 6.27. The van der Waals surface area contributed by atoms with Crippen molar-refractivity contribution >= 4 is 23.1 Å². The van der Waals surface area contributed by atoms with E-state index in [1.54, 1.807) is 0 Å². The molecule has 0 spiro atoms. The lowest BCUT2D eigenvalue weighted by molar-refractivity contribution is 0.313. The first kappa shape index (κ1) is 17.5. The molecule has 4 aromatic carbocycles. The summed E-state index contributed by atoms with van der Waals surface area (Å²) in [6.07, 6.45) is 0. The van der Waals surface area contributed by atoms with Crippen molar-refractivity contribution in [3.05, 3.63) is 136 Å². The molecule has 2 atom stereocenters. The molecule has 0 fully saturated rings. The quantitative estimate of drug-likeness (QED) is 0.352. The summed E-state index contributed by atoms with van der Waals surface area (Å²) in [5, 5.41) is 0.737. The van der Waals surface area contributed by atoms with Crippen LogP contribution in [0.4, 0.5) is 5.69 Å². The smallest absolute Gasteiger partial charge is 0.138 e. The number of nitrogens with zero attached hydrogens (tertiary/aromatic N) is 2. The Balaban J connectivity index is 1.66. The molecule has 4 aromatic rings. The Kier molecular flexibility index (Phi) is 4.00. The van der Waals surface area contributed by atoms with E-state index in [-0.39, 0.29) is 12.1 Å². The average molecular weight is 407 g/mol. The summed E-state index contributed by atoms with van der Waals surface area (Å²) in [5.74, 6) is 1.03. The van der Waals surface area contributed by atoms with Crippen molar-refractivity contribution in [1.29, 1.82) is 0 Å². The molecule has 0 saturated carbocycles. The van der Waals surface area contributed by atoms with E-state index in [1.807, 2.05) is 12.1 Å². The number of fused-ring (bicyclic) bond motifs is 4. The van der Waals surface area contributed by atoms with Crippen molar-refractivity contribution in [3.8, 4) is 0 Å². The van der Waals surface area contributed by atoms with Crippen LogP contribution in [0.1, 0.15) is 39.9 Å². The van der Waals surface area contributed by atoms with Gasteiger partial charge in [0.2, 0.25) is 0 Å². The first-order valence-corrected chi connectivity index (χ1v) is 10.5. The van der Waals surface area contributed by atoms with E-state index in [0.29, 0.717) is 0 Å². The van der Waals surface area contributed by atoms with Crippen LogP contribution in [0.2, 0.25) is 5.02 Å². The summed E-state index contributed by atoms with van der Waals surface area (Å²) in [4.78, 5) is 7.59. The highest BCUT2D eigenvalue weighted by atomic mass is 35.5. The molecule has 30 heavy (non-hydrogen) atoms. The monoisotopic (exact) mass is 406 g/mol. The summed E-state index contributed by atoms with van der Waals surface area (Å²) in [6.45, 7) is 0. The summed E-state index contributed by atoms with van der Waals surface area (Å²) >= 11 is 6.45. The number of benzene rings is 4. The Morgan fingerprint density at radius 3 is 1.93 bits per heavy atom. The van der Waals surface area contributed by atoms with E-state index >= 15 is 0 Å². The lowest BCUT2D eigenvalue weighted by atomic mass is 9.91. The largest absolute Gasteiger partial charge is 0.334 e. The van der Waals surface area contributed by atoms with Crippen molar-refractivity contribution in [2.24, 2.45) is 4.99 Å². The molecule has 2 nitrogen and oxygen atoms in total. The molecule has 0 bridgehead atoms. The normalized spacial score (nSPS) is 19.0. The molecule has 2 aliphatic rings. The molecular formula is C27H19ClN2. The fourth-order valence-corrected chi connectivity index (χ4v) is 4.98. The summed E-state index contributed by atoms with van der Waals surface area (Å²) < 4.78 is 0. The first-order chi connectivity index (χ1) is 14.8. The molecule has 0 amide bonds. The minimum absolute atomic E-state index is 0.0324. The van der Waals surface area contributed by atoms with Crippen LogP contribution < -0.4 is 0 Å². The highest BCUT2D eigenvalue weighted by molar-refractivity contribution is 6.30. The van der Waals surface area contributed by atoms with E-state index in [0.717, 1.165) is 22.1 Å². The van der Waals surface area contributed by atoms with E-state index in [1.165, 1.54) is 22.3 Å². The second kappa shape index (κ2) is 6.86. The van der Waals surface area contributed by atoms with Crippen LogP contribution >= 0.6 is 11.6 Å². The molecule has 0 unspecified atom stereocenters. The third kappa shape index (κ3) is 2.61. The predicted molar refractivity (Wildman–Crippen MR) is 122 cm³/mol. The second-order valence-corrected chi connectivity index (χ2v) is 8.20. The highest BCUT2D eigenvalue weighted by Gasteiger charge is 2.43. The first-order valence-electron chi connectivity index (χ1n) is 10.2. The van der Waals surface area contributed by atoms with Crippen LogP contribution in [0.25, 0.3) is 0 Å². The van der Waals surface area contributed by atoms with Gasteiger partial charge in [0, 0.05) is 16.1 Å². The number of hydrogen-bond acceptors (Lipinski definition) is 2. The molecule has 144 valence electrons. The molecule has 0 saturated heterocycles. The molecule has 0 N–H and O–H groups in total. The second-order valence-electron chi connectivity index (χ2n) is 7.76. The van der Waals surface area contributed by atoms with Gasteiger partial charge in [-0.2, -0.15) is 0 Å². The molecule has 2 aliphatic heterocycles. The SMILES string of the molecule is Clc1ccc2c(c1)[C@@H](c1ccccc1)N1C(=N2)c2ccccc2[C@@H]1c1ccccc1. The number of aliphatic imine (C=N–C) groups is 1. The van der Waals surface area contributed by atoms with Crippen molar-refractivity contribution in [2.45, 2.75) is 12.1 Å². The lowest BCUT2D eigenvalue weighted by Gasteiger charge is -2.39. The van der Waals surface area contributed by atoms with Crippen molar-refractivity contribution in [1.82, 2.24) is 4.90 Å². The maximum Gasteiger partial charge on any atom is 0.138 e. The average Bonchev–Trinajstić information content (AvgIpc) is 3.12. The number of halogens is 1. The molecule has 3 heteroatoms. The minimum Gasteiger partial charge on any atom is -0.334 e. The van der Waals surface area contributed by atoms with Gasteiger partial charge in [-0.25, -0.2) is 4.99 Å². The number of amidine groups is 1. The zero-order valence-corrected chi connectivity index (χ0v) is 17.0. The molecule has 6 rings (SSSR count). The highest BCUT2D eigenvalue weighted by Crippen LogP contribution is 2.51. The number of rotatable bonds is 2. The van der Waals surface area contributed by atoms with E-state index in [4.69, 9.17) is 16.6 Å². The number of hydrogen-bond donors (Lipinski definition) is 0. The Morgan fingerprint density at radius 2 is 1.23 bits per heavy atom. The van der Waals surface area contributed by atoms with E-state index in [9.17, 15) is 0 Å². The van der Waals surface area contributed by atoms with Gasteiger partial charge in [-0.05, 0) is 34.9 Å². The molecule has 0 radical (unpaired) electrons. The summed E-state index contributed by atoms with van der Waals surface area (Å²) in [7, 11) is 0. The van der Waals surface area contributed by atoms with E-state index in [2.05, 4.69) is 95.9 Å². The van der Waals surface area contributed by atoms with Crippen LogP contribution in [-0.4, -0.2) is 10.7 Å². The maximum atomic E-state index is 6.45. The summed E-state index contributed by atoms with van der Waals surface area (Å²) in [6, 6.07) is 36.2. The van der Waals surface area contributed by atoms with Gasteiger partial charge in [0.05, 0.1) is 17.8 Å². The van der Waals surface area contributed by atoms with Gasteiger partial charge in [-0.15, -0.1) is 0 Å². The van der Waals surface area contributed by atoms with Crippen LogP contribution in [0.3, 0.4) is 0 Å². The van der Waals surface area contributed by atoms with Gasteiger partial charge < -0.3 is 4.90 Å². The molecule has 0 aliphatic carbocycles. The minimum atomic E-state index is 0.0324. The van der Waals surface area contributed by atoms with Gasteiger partial charge in [0.15, 0.2) is 0 Å². The van der Waals surface area contributed by atoms with Crippen molar-refractivity contribution in [3.63, 3.8) is 0 Å². The van der Waals surface area contributed by atoms with Gasteiger partial charge in [0.1, 0.15) is 5.84 Å². The molecular weight excluding hydrogens is 388 g/mol. The fourth-order valence-electron chi connectivity index (χ4n) is 4.80. The lowest BCUT2D eigenvalue weighted by Crippen LogP contribution is -2.36. The standard InChI is InChI=1S/C27H19ClN2/c28-20-15-16-24-23(17-20)26(19-11-5-2-6-12-19)30-25(18-9-3-1-4-10-18)21-13-7-8-14-22(21)27(30)29-24/h1-17,25-26H/t25-,26+/m0/s1. The van der Waals surface area contributed by atoms with Crippen LogP contribution in [0, 0.1) is 0 Å². The van der Waals surface area contributed by atoms with Crippen LogP contribution in [0.5, 0.6) is 0 Å². The third-order valence-electron chi connectivity index (χ3n) is 6.04. The maximum absolute atomic E-state index is 6.45. The van der Waals surface area contributed by atoms with E-state index < -0.39 is 0 Å². The van der Waals surface area contributed by atoms with Crippen LogP contribution in [0.15, 0.2) is 108 Å². The Labute approximate surface area is 181 Å². The van der Waals surface area contributed by atoms with Gasteiger partial charge >= 0.3 is 0 Å². The Morgan fingerprint density at radius 1 is 0.633 bits per heavy atom. The summed E-state index contributed by atoms with van der Waals surface area (Å²) in [5.41, 5.74) is 7.13. The Bertz CT molecular complexity index is 1260. The topological polar surface area (TPSA) is 15.6 Å². The van der Waals surface area contributed by atoms with Gasteiger partial charge in [-0.3, -0.25) is 0 Å². The molecule has 2 heterocycles. The van der Waals surface area contributed by atoms with Gasteiger partial charge in [-0.1, -0.05) is 96.5 Å². The molecule has 0 aromatic heterocycles. The van der Waals surface area contributed by atoms with Crippen molar-refractivity contribution in [2.75, 3.05) is 0 Å². The Hall–Kier alpha value is -3.36. The zero-order chi connectivity index (χ0) is 20.1. The van der Waals surface area contributed by atoms with Crippen LogP contribution in [-0.2, 0) is 0 Å².